The molecule has 0 saturated heterocycles. The van der Waals surface area contributed by atoms with Gasteiger partial charge in [0.2, 0.25) is 0 Å². The van der Waals surface area contributed by atoms with Crippen molar-refractivity contribution in [2.75, 3.05) is 12.4 Å². The highest BCUT2D eigenvalue weighted by Crippen LogP contribution is 2.22. The van der Waals surface area contributed by atoms with E-state index >= 15 is 0 Å². The quantitative estimate of drug-likeness (QED) is 0.466. The zero-order valence-corrected chi connectivity index (χ0v) is 16.1. The summed E-state index contributed by atoms with van der Waals surface area (Å²) in [6, 6.07) is 28.9. The average Bonchev–Trinajstić information content (AvgIpc) is 2.78. The smallest absolute Gasteiger partial charge is 0.255 e. The Balaban J connectivity index is 1.42. The molecule has 0 bridgehead atoms. The first-order chi connectivity index (χ1) is 14.2. The Morgan fingerprint density at radius 3 is 2.34 bits per heavy atom. The van der Waals surface area contributed by atoms with E-state index < -0.39 is 0 Å². The zero-order valence-electron chi connectivity index (χ0n) is 16.1. The number of nitrogens with one attached hydrogen (secondary N) is 1. The number of benzene rings is 4. The number of hydrogen-bond donors (Lipinski definition) is 1. The summed E-state index contributed by atoms with van der Waals surface area (Å²) in [4.78, 5) is 12.6. The maximum Gasteiger partial charge on any atom is 0.255 e. The number of carbonyl (C=O) groups excluding carboxylic acids is 1. The van der Waals surface area contributed by atoms with Crippen LogP contribution in [0, 0.1) is 0 Å². The molecule has 0 unspecified atom stereocenters. The molecule has 1 N–H and O–H groups in total. The second-order valence-electron chi connectivity index (χ2n) is 6.68. The summed E-state index contributed by atoms with van der Waals surface area (Å²) in [5.41, 5.74) is 2.23. The van der Waals surface area contributed by atoms with Crippen LogP contribution in [-0.2, 0) is 6.61 Å². The summed E-state index contributed by atoms with van der Waals surface area (Å²) in [5.74, 6) is 1.38. The van der Waals surface area contributed by atoms with E-state index in [1.165, 1.54) is 5.39 Å². The van der Waals surface area contributed by atoms with E-state index in [-0.39, 0.29) is 5.91 Å². The van der Waals surface area contributed by atoms with Gasteiger partial charge in [0.25, 0.3) is 5.91 Å². The van der Waals surface area contributed by atoms with Crippen LogP contribution in [0.15, 0.2) is 91.0 Å². The minimum atomic E-state index is -0.164. The topological polar surface area (TPSA) is 47.6 Å². The van der Waals surface area contributed by atoms with Crippen LogP contribution in [0.25, 0.3) is 10.8 Å². The van der Waals surface area contributed by atoms with E-state index in [1.807, 2.05) is 72.8 Å². The van der Waals surface area contributed by atoms with Gasteiger partial charge in [-0.05, 0) is 64.9 Å². The molecule has 1 amide bonds. The normalized spacial score (nSPS) is 10.5. The van der Waals surface area contributed by atoms with Crippen molar-refractivity contribution >= 4 is 22.4 Å². The van der Waals surface area contributed by atoms with Crippen LogP contribution >= 0.6 is 0 Å². The number of hydrogen-bond acceptors (Lipinski definition) is 3. The van der Waals surface area contributed by atoms with Crippen molar-refractivity contribution in [1.82, 2.24) is 0 Å². The van der Waals surface area contributed by atoms with Crippen molar-refractivity contribution in [1.29, 1.82) is 0 Å². The lowest BCUT2D eigenvalue weighted by Gasteiger charge is -2.10. The second kappa shape index (κ2) is 8.48. The first-order valence-corrected chi connectivity index (χ1v) is 9.37. The summed E-state index contributed by atoms with van der Waals surface area (Å²) in [5, 5.41) is 5.21. The minimum absolute atomic E-state index is 0.164. The molecular weight excluding hydrogens is 362 g/mol. The SMILES string of the molecule is COc1ccc(NC(=O)c2cccc(COc3ccc4ccccc4c3)c2)cc1. The van der Waals surface area contributed by atoms with E-state index in [2.05, 4.69) is 17.4 Å². The summed E-state index contributed by atoms with van der Waals surface area (Å²) in [7, 11) is 1.61. The number of rotatable bonds is 6. The number of methoxy groups -OCH3 is 1. The summed E-state index contributed by atoms with van der Waals surface area (Å²) in [6.07, 6.45) is 0. The van der Waals surface area contributed by atoms with Crippen LogP contribution < -0.4 is 14.8 Å². The zero-order chi connectivity index (χ0) is 20.1. The summed E-state index contributed by atoms with van der Waals surface area (Å²) >= 11 is 0. The fourth-order valence-corrected chi connectivity index (χ4v) is 3.10. The molecule has 4 aromatic rings. The van der Waals surface area contributed by atoms with Crippen molar-refractivity contribution in [3.05, 3.63) is 102 Å². The highest BCUT2D eigenvalue weighted by atomic mass is 16.5. The maximum absolute atomic E-state index is 12.6. The lowest BCUT2D eigenvalue weighted by atomic mass is 10.1. The van der Waals surface area contributed by atoms with Crippen molar-refractivity contribution in [3.63, 3.8) is 0 Å². The van der Waals surface area contributed by atoms with Crippen molar-refractivity contribution in [2.45, 2.75) is 6.61 Å². The van der Waals surface area contributed by atoms with Crippen LogP contribution in [0.2, 0.25) is 0 Å². The average molecular weight is 383 g/mol. The molecule has 0 aliphatic carbocycles. The Hall–Kier alpha value is -3.79. The minimum Gasteiger partial charge on any atom is -0.497 e. The molecule has 0 radical (unpaired) electrons. The number of ether oxygens (including phenoxy) is 2. The molecule has 0 aliphatic heterocycles. The molecule has 4 nitrogen and oxygen atoms in total. The van der Waals surface area contributed by atoms with Gasteiger partial charge >= 0.3 is 0 Å². The van der Waals surface area contributed by atoms with Crippen LogP contribution in [0.3, 0.4) is 0 Å². The first kappa shape index (κ1) is 18.6. The van der Waals surface area contributed by atoms with Gasteiger partial charge in [-0.2, -0.15) is 0 Å². The molecule has 4 heteroatoms. The van der Waals surface area contributed by atoms with E-state index in [9.17, 15) is 4.79 Å². The highest BCUT2D eigenvalue weighted by molar-refractivity contribution is 6.04. The maximum atomic E-state index is 12.6. The predicted octanol–water partition coefficient (Wildman–Crippen LogP) is 5.68. The number of amides is 1. The van der Waals surface area contributed by atoms with Gasteiger partial charge < -0.3 is 14.8 Å². The Labute approximate surface area is 169 Å². The fourth-order valence-electron chi connectivity index (χ4n) is 3.10. The van der Waals surface area contributed by atoms with E-state index in [4.69, 9.17) is 9.47 Å². The monoisotopic (exact) mass is 383 g/mol. The van der Waals surface area contributed by atoms with Crippen LogP contribution in [0.4, 0.5) is 5.69 Å². The Bertz CT molecular complexity index is 1140. The Morgan fingerprint density at radius 2 is 1.55 bits per heavy atom. The first-order valence-electron chi connectivity index (χ1n) is 9.37. The number of carbonyl (C=O) groups is 1. The molecule has 29 heavy (non-hydrogen) atoms. The third kappa shape index (κ3) is 4.55. The van der Waals surface area contributed by atoms with Gasteiger partial charge in [-0.3, -0.25) is 4.79 Å². The molecule has 0 saturated carbocycles. The molecule has 0 aliphatic rings. The number of fused-ring (bicyclic) bond motifs is 1. The van der Waals surface area contributed by atoms with E-state index in [1.54, 1.807) is 13.2 Å². The predicted molar refractivity (Wildman–Crippen MR) is 116 cm³/mol. The molecule has 0 spiro atoms. The van der Waals surface area contributed by atoms with Gasteiger partial charge in [-0.15, -0.1) is 0 Å². The lowest BCUT2D eigenvalue weighted by molar-refractivity contribution is 0.102. The molecule has 0 aromatic heterocycles. The van der Waals surface area contributed by atoms with E-state index in [0.29, 0.717) is 17.9 Å². The van der Waals surface area contributed by atoms with Gasteiger partial charge in [-0.25, -0.2) is 0 Å². The summed E-state index contributed by atoms with van der Waals surface area (Å²) < 4.78 is 11.1. The van der Waals surface area contributed by atoms with Crippen molar-refractivity contribution in [3.8, 4) is 11.5 Å². The third-order valence-corrected chi connectivity index (χ3v) is 4.66. The second-order valence-corrected chi connectivity index (χ2v) is 6.68. The number of anilines is 1. The molecule has 0 heterocycles. The largest absolute Gasteiger partial charge is 0.497 e. The third-order valence-electron chi connectivity index (χ3n) is 4.66. The van der Waals surface area contributed by atoms with Crippen LogP contribution in [0.5, 0.6) is 11.5 Å². The molecule has 4 rings (SSSR count). The summed E-state index contributed by atoms with van der Waals surface area (Å²) in [6.45, 7) is 0.391. The molecule has 144 valence electrons. The molecular formula is C25H21NO3. The fraction of sp³-hybridized carbons (Fsp3) is 0.0800. The van der Waals surface area contributed by atoms with Crippen LogP contribution in [0.1, 0.15) is 15.9 Å². The van der Waals surface area contributed by atoms with Crippen molar-refractivity contribution < 1.29 is 14.3 Å². The van der Waals surface area contributed by atoms with Crippen molar-refractivity contribution in [2.24, 2.45) is 0 Å². The van der Waals surface area contributed by atoms with Gasteiger partial charge in [-0.1, -0.05) is 42.5 Å². The lowest BCUT2D eigenvalue weighted by Crippen LogP contribution is -2.12. The standard InChI is InChI=1S/C25H21NO3/c1-28-23-13-10-22(11-14-23)26-25(27)21-8-4-5-18(15-21)17-29-24-12-9-19-6-2-3-7-20(19)16-24/h2-16H,17H2,1H3,(H,26,27). The molecule has 0 atom stereocenters. The van der Waals surface area contributed by atoms with E-state index in [0.717, 1.165) is 22.4 Å². The van der Waals surface area contributed by atoms with Gasteiger partial charge in [0.05, 0.1) is 7.11 Å². The molecule has 4 aromatic carbocycles. The van der Waals surface area contributed by atoms with Gasteiger partial charge in [0.15, 0.2) is 0 Å². The molecule has 0 fully saturated rings. The van der Waals surface area contributed by atoms with Crippen LogP contribution in [-0.4, -0.2) is 13.0 Å². The highest BCUT2D eigenvalue weighted by Gasteiger charge is 2.08. The van der Waals surface area contributed by atoms with Gasteiger partial charge in [0, 0.05) is 11.3 Å². The van der Waals surface area contributed by atoms with Gasteiger partial charge in [0.1, 0.15) is 18.1 Å². The Kier molecular flexibility index (Phi) is 5.43. The Morgan fingerprint density at radius 1 is 0.793 bits per heavy atom.